The van der Waals surface area contributed by atoms with Gasteiger partial charge >= 0.3 is 0 Å². The van der Waals surface area contributed by atoms with E-state index in [4.69, 9.17) is 5.73 Å². The molecule has 17 heavy (non-hydrogen) atoms. The van der Waals surface area contributed by atoms with E-state index in [9.17, 15) is 0 Å². The third-order valence-corrected chi connectivity index (χ3v) is 3.54. The number of nitrogens with zero attached hydrogens (tertiary/aromatic N) is 1. The van der Waals surface area contributed by atoms with Crippen molar-refractivity contribution in [3.05, 3.63) is 0 Å². The van der Waals surface area contributed by atoms with Gasteiger partial charge in [-0.05, 0) is 57.3 Å². The molecule has 0 amide bonds. The lowest BCUT2D eigenvalue weighted by molar-refractivity contribution is 0.237. The van der Waals surface area contributed by atoms with Crippen LogP contribution < -0.4 is 5.73 Å². The summed E-state index contributed by atoms with van der Waals surface area (Å²) in [5.74, 6) is 0. The number of unbranched alkanes of at least 4 members (excludes halogenated alkanes) is 2. The molecule has 2 nitrogen and oxygen atoms in total. The molecule has 0 aromatic heterocycles. The first-order chi connectivity index (χ1) is 8.05. The molecule has 2 N–H and O–H groups in total. The van der Waals surface area contributed by atoms with Crippen LogP contribution in [0, 0.1) is 5.41 Å². The van der Waals surface area contributed by atoms with Gasteiger partial charge in [0.25, 0.3) is 0 Å². The molecule has 0 spiro atoms. The molecular formula is C15H34N2. The van der Waals surface area contributed by atoms with Crippen LogP contribution in [0.3, 0.4) is 0 Å². The zero-order chi connectivity index (χ0) is 13.1. The maximum atomic E-state index is 5.77. The molecule has 0 fully saturated rings. The van der Waals surface area contributed by atoms with Crippen molar-refractivity contribution in [1.82, 2.24) is 4.90 Å². The van der Waals surface area contributed by atoms with Crippen molar-refractivity contribution in [1.29, 1.82) is 0 Å². The summed E-state index contributed by atoms with van der Waals surface area (Å²) in [4.78, 5) is 2.64. The standard InChI is InChI=1S/C15H34N2/c1-5-7-11-17(12-8-6-2)13-9-10-15(3,4)14-16/h5-14,16H2,1-4H3. The van der Waals surface area contributed by atoms with Crippen molar-refractivity contribution in [3.8, 4) is 0 Å². The summed E-state index contributed by atoms with van der Waals surface area (Å²) in [6, 6.07) is 0. The minimum Gasteiger partial charge on any atom is -0.330 e. The Balaban J connectivity index is 3.81. The molecule has 104 valence electrons. The first kappa shape index (κ1) is 16.9. The monoisotopic (exact) mass is 242 g/mol. The summed E-state index contributed by atoms with van der Waals surface area (Å²) < 4.78 is 0. The second-order valence-corrected chi connectivity index (χ2v) is 6.02. The topological polar surface area (TPSA) is 29.3 Å². The van der Waals surface area contributed by atoms with Gasteiger partial charge in [-0.2, -0.15) is 0 Å². The van der Waals surface area contributed by atoms with Crippen molar-refractivity contribution in [2.24, 2.45) is 11.1 Å². The van der Waals surface area contributed by atoms with E-state index in [0.717, 1.165) is 6.54 Å². The average Bonchev–Trinajstić information content (AvgIpc) is 2.31. The zero-order valence-corrected chi connectivity index (χ0v) is 12.6. The lowest BCUT2D eigenvalue weighted by Crippen LogP contribution is -2.29. The summed E-state index contributed by atoms with van der Waals surface area (Å²) in [5, 5.41) is 0. The third-order valence-electron chi connectivity index (χ3n) is 3.54. The Bertz CT molecular complexity index is 158. The van der Waals surface area contributed by atoms with Crippen LogP contribution in [0.1, 0.15) is 66.2 Å². The lowest BCUT2D eigenvalue weighted by atomic mass is 9.88. The van der Waals surface area contributed by atoms with Crippen molar-refractivity contribution in [3.63, 3.8) is 0 Å². The SMILES string of the molecule is CCCCN(CCCC)CCCC(C)(C)CN. The van der Waals surface area contributed by atoms with Gasteiger partial charge in [-0.3, -0.25) is 0 Å². The number of hydrogen-bond acceptors (Lipinski definition) is 2. The van der Waals surface area contributed by atoms with Gasteiger partial charge < -0.3 is 10.6 Å². The fourth-order valence-electron chi connectivity index (χ4n) is 1.98. The highest BCUT2D eigenvalue weighted by Gasteiger charge is 2.15. The Morgan fingerprint density at radius 1 is 0.882 bits per heavy atom. The second-order valence-electron chi connectivity index (χ2n) is 6.02. The van der Waals surface area contributed by atoms with Crippen LogP contribution in [0.4, 0.5) is 0 Å². The first-order valence-electron chi connectivity index (χ1n) is 7.48. The van der Waals surface area contributed by atoms with E-state index in [0.29, 0.717) is 5.41 Å². The molecule has 0 saturated heterocycles. The van der Waals surface area contributed by atoms with Crippen molar-refractivity contribution in [2.75, 3.05) is 26.2 Å². The molecule has 0 aromatic carbocycles. The third kappa shape index (κ3) is 9.61. The quantitative estimate of drug-likeness (QED) is 0.599. The lowest BCUT2D eigenvalue weighted by Gasteiger charge is -2.26. The zero-order valence-electron chi connectivity index (χ0n) is 12.6. The van der Waals surface area contributed by atoms with E-state index in [1.807, 2.05) is 0 Å². The second kappa shape index (κ2) is 9.90. The number of hydrogen-bond donors (Lipinski definition) is 1. The molecule has 0 saturated carbocycles. The Kier molecular flexibility index (Phi) is 9.85. The number of rotatable bonds is 11. The van der Waals surface area contributed by atoms with Crippen LogP contribution in [0.2, 0.25) is 0 Å². The Morgan fingerprint density at radius 2 is 1.35 bits per heavy atom. The molecule has 0 unspecified atom stereocenters. The summed E-state index contributed by atoms with van der Waals surface area (Å²) in [7, 11) is 0. The van der Waals surface area contributed by atoms with E-state index in [-0.39, 0.29) is 0 Å². The predicted molar refractivity (Wildman–Crippen MR) is 78.3 cm³/mol. The van der Waals surface area contributed by atoms with Gasteiger partial charge in [-0.15, -0.1) is 0 Å². The Morgan fingerprint density at radius 3 is 1.76 bits per heavy atom. The highest BCUT2D eigenvalue weighted by Crippen LogP contribution is 2.20. The minimum absolute atomic E-state index is 0.321. The molecule has 0 aliphatic heterocycles. The fraction of sp³-hybridized carbons (Fsp3) is 1.00. The molecule has 2 heteroatoms. The minimum atomic E-state index is 0.321. The number of nitrogens with two attached hydrogens (primary N) is 1. The Hall–Kier alpha value is -0.0800. The van der Waals surface area contributed by atoms with Gasteiger partial charge in [-0.1, -0.05) is 40.5 Å². The van der Waals surface area contributed by atoms with E-state index < -0.39 is 0 Å². The highest BCUT2D eigenvalue weighted by molar-refractivity contribution is 4.70. The summed E-state index contributed by atoms with van der Waals surface area (Å²) in [5.41, 5.74) is 6.09. The molecule has 0 bridgehead atoms. The van der Waals surface area contributed by atoms with Crippen molar-refractivity contribution >= 4 is 0 Å². The van der Waals surface area contributed by atoms with Gasteiger partial charge in [0.15, 0.2) is 0 Å². The van der Waals surface area contributed by atoms with E-state index in [1.165, 1.54) is 58.2 Å². The van der Waals surface area contributed by atoms with Crippen LogP contribution in [-0.2, 0) is 0 Å². The Labute approximate surface area is 109 Å². The molecule has 0 radical (unpaired) electrons. The fourth-order valence-corrected chi connectivity index (χ4v) is 1.98. The van der Waals surface area contributed by atoms with Crippen LogP contribution in [0.5, 0.6) is 0 Å². The van der Waals surface area contributed by atoms with Crippen LogP contribution in [0.25, 0.3) is 0 Å². The van der Waals surface area contributed by atoms with E-state index in [1.54, 1.807) is 0 Å². The van der Waals surface area contributed by atoms with E-state index in [2.05, 4.69) is 32.6 Å². The van der Waals surface area contributed by atoms with Gasteiger partial charge in [0.1, 0.15) is 0 Å². The van der Waals surface area contributed by atoms with Gasteiger partial charge in [0.05, 0.1) is 0 Å². The predicted octanol–water partition coefficient (Wildman–Crippen LogP) is 3.65. The van der Waals surface area contributed by atoms with E-state index >= 15 is 0 Å². The largest absolute Gasteiger partial charge is 0.330 e. The summed E-state index contributed by atoms with van der Waals surface area (Å²) >= 11 is 0. The van der Waals surface area contributed by atoms with Crippen molar-refractivity contribution in [2.45, 2.75) is 66.2 Å². The summed E-state index contributed by atoms with van der Waals surface area (Å²) in [6.07, 6.45) is 7.82. The molecule has 0 aliphatic carbocycles. The average molecular weight is 242 g/mol. The van der Waals surface area contributed by atoms with Crippen LogP contribution in [-0.4, -0.2) is 31.1 Å². The summed E-state index contributed by atoms with van der Waals surface area (Å²) in [6.45, 7) is 13.7. The molecule has 0 aliphatic rings. The molecule has 0 aromatic rings. The van der Waals surface area contributed by atoms with Crippen LogP contribution >= 0.6 is 0 Å². The highest BCUT2D eigenvalue weighted by atomic mass is 15.1. The molecule has 0 rings (SSSR count). The van der Waals surface area contributed by atoms with Gasteiger partial charge in [0, 0.05) is 0 Å². The van der Waals surface area contributed by atoms with Crippen LogP contribution in [0.15, 0.2) is 0 Å². The van der Waals surface area contributed by atoms with Gasteiger partial charge in [0.2, 0.25) is 0 Å². The van der Waals surface area contributed by atoms with Gasteiger partial charge in [-0.25, -0.2) is 0 Å². The first-order valence-corrected chi connectivity index (χ1v) is 7.48. The smallest absolute Gasteiger partial charge is 0.00185 e. The molecular weight excluding hydrogens is 208 g/mol. The normalized spacial score (nSPS) is 12.4. The maximum absolute atomic E-state index is 5.77. The molecule has 0 heterocycles. The maximum Gasteiger partial charge on any atom is -0.00185 e. The molecule has 0 atom stereocenters. The van der Waals surface area contributed by atoms with Crippen molar-refractivity contribution < 1.29 is 0 Å².